The van der Waals surface area contributed by atoms with Crippen LogP contribution in [0.3, 0.4) is 0 Å². The van der Waals surface area contributed by atoms with E-state index in [0.29, 0.717) is 0 Å². The van der Waals surface area contributed by atoms with Gasteiger partial charge in [0.25, 0.3) is 0 Å². The van der Waals surface area contributed by atoms with Gasteiger partial charge in [0, 0.05) is 6.04 Å². The van der Waals surface area contributed by atoms with Crippen LogP contribution < -0.4 is 56.5 Å². The van der Waals surface area contributed by atoms with Crippen LogP contribution in [0.4, 0.5) is 0 Å². The Morgan fingerprint density at radius 3 is 1.27 bits per heavy atom. The molecule has 0 saturated heterocycles. The third kappa shape index (κ3) is 20.9. The Morgan fingerprint density at radius 2 is 0.933 bits per heavy atom. The van der Waals surface area contributed by atoms with E-state index in [0.717, 1.165) is 45.2 Å². The number of aliphatic carboxylic acids is 1. The van der Waals surface area contributed by atoms with E-state index in [4.69, 9.17) is 0 Å². The van der Waals surface area contributed by atoms with Crippen LogP contribution in [0.2, 0.25) is 0 Å². The molecule has 174 valence electrons. The van der Waals surface area contributed by atoms with Gasteiger partial charge in [-0.2, -0.15) is 0 Å². The first kappa shape index (κ1) is 33.2. The summed E-state index contributed by atoms with van der Waals surface area (Å²) in [5, 5.41) is 11.8. The fourth-order valence-corrected chi connectivity index (χ4v) is 4.17. The number of unbranched alkanes of at least 4 members (excludes halogenated alkanes) is 15. The van der Waals surface area contributed by atoms with Gasteiger partial charge in [-0.05, 0) is 32.4 Å². The predicted molar refractivity (Wildman–Crippen MR) is 125 cm³/mol. The number of rotatable bonds is 23. The van der Waals surface area contributed by atoms with Gasteiger partial charge in [0.05, 0.1) is 5.97 Å². The maximum atomic E-state index is 11.8. The largest absolute Gasteiger partial charge is 1.00 e. The van der Waals surface area contributed by atoms with Crippen molar-refractivity contribution in [3.05, 3.63) is 0 Å². The molecule has 0 saturated carbocycles. The molecule has 0 rings (SSSR count). The van der Waals surface area contributed by atoms with E-state index in [2.05, 4.69) is 25.7 Å². The molecule has 0 aliphatic rings. The second kappa shape index (κ2) is 26.3. The molecule has 0 aromatic carbocycles. The normalized spacial score (nSPS) is 12.1. The molecule has 0 fully saturated rings. The van der Waals surface area contributed by atoms with Gasteiger partial charge in [0.15, 0.2) is 0 Å². The van der Waals surface area contributed by atoms with Crippen LogP contribution in [0.5, 0.6) is 0 Å². The number of carboxylic acids is 1. The summed E-state index contributed by atoms with van der Waals surface area (Å²) >= 11 is 0. The molecule has 0 aliphatic heterocycles. The number of nitrogens with zero attached hydrogens (tertiary/aromatic N) is 1. The van der Waals surface area contributed by atoms with Gasteiger partial charge in [0.1, 0.15) is 0 Å². The molecule has 0 bridgehead atoms. The minimum absolute atomic E-state index is 0. The van der Waals surface area contributed by atoms with Crippen LogP contribution >= 0.6 is 0 Å². The molecule has 0 aromatic rings. The summed E-state index contributed by atoms with van der Waals surface area (Å²) in [6.45, 7) is 8.50. The van der Waals surface area contributed by atoms with Crippen LogP contribution in [-0.2, 0) is 4.79 Å². The molecular formula is C26H52KNO2. The predicted octanol–water partition coefficient (Wildman–Crippen LogP) is 3.88. The molecule has 0 aromatic heterocycles. The zero-order valence-electron chi connectivity index (χ0n) is 21.2. The summed E-state index contributed by atoms with van der Waals surface area (Å²) < 4.78 is 0. The van der Waals surface area contributed by atoms with Crippen molar-refractivity contribution in [2.24, 2.45) is 0 Å². The van der Waals surface area contributed by atoms with Gasteiger partial charge >= 0.3 is 51.4 Å². The zero-order valence-corrected chi connectivity index (χ0v) is 24.3. The molecule has 0 amide bonds. The van der Waals surface area contributed by atoms with Crippen molar-refractivity contribution < 1.29 is 61.3 Å². The fourth-order valence-electron chi connectivity index (χ4n) is 4.17. The molecule has 4 heteroatoms. The van der Waals surface area contributed by atoms with E-state index in [1.165, 1.54) is 89.9 Å². The summed E-state index contributed by atoms with van der Waals surface area (Å²) in [4.78, 5) is 14.0. The number of hydrogen-bond donors (Lipinski definition) is 0. The third-order valence-corrected chi connectivity index (χ3v) is 6.14. The number of carboxylic acid groups (broad SMARTS) is 1. The monoisotopic (exact) mass is 449 g/mol. The van der Waals surface area contributed by atoms with Crippen LogP contribution in [-0.4, -0.2) is 30.0 Å². The first-order valence-electron chi connectivity index (χ1n) is 13.1. The van der Waals surface area contributed by atoms with Crippen LogP contribution in [0.15, 0.2) is 0 Å². The standard InChI is InChI=1S/C26H53NO2.K/c1-4-7-10-12-14-16-18-20-23-27(25(26(28)29)22-9-6-3)24-21-19-17-15-13-11-8-5-2;/h25H,4-24H2,1-3H3,(H,28,29);/q;+1/p-1. The molecule has 0 heterocycles. The average Bonchev–Trinajstić information content (AvgIpc) is 2.71. The number of carbonyl (C=O) groups is 1. The summed E-state index contributed by atoms with van der Waals surface area (Å²) in [6.07, 6.45) is 23.5. The Morgan fingerprint density at radius 1 is 0.600 bits per heavy atom. The molecule has 0 spiro atoms. The molecule has 0 radical (unpaired) electrons. The smallest absolute Gasteiger partial charge is 0.548 e. The first-order chi connectivity index (χ1) is 14.2. The summed E-state index contributed by atoms with van der Waals surface area (Å²) in [7, 11) is 0. The van der Waals surface area contributed by atoms with Gasteiger partial charge in [-0.15, -0.1) is 0 Å². The van der Waals surface area contributed by atoms with E-state index in [1.807, 2.05) is 0 Å². The van der Waals surface area contributed by atoms with Gasteiger partial charge < -0.3 is 9.90 Å². The average molecular weight is 450 g/mol. The second-order valence-corrected chi connectivity index (χ2v) is 8.96. The first-order valence-corrected chi connectivity index (χ1v) is 13.1. The van der Waals surface area contributed by atoms with Crippen molar-refractivity contribution in [3.63, 3.8) is 0 Å². The molecule has 0 N–H and O–H groups in total. The molecule has 30 heavy (non-hydrogen) atoms. The van der Waals surface area contributed by atoms with Crippen molar-refractivity contribution in [2.75, 3.05) is 13.1 Å². The quantitative estimate of drug-likeness (QED) is 0.176. The summed E-state index contributed by atoms with van der Waals surface area (Å²) in [5.41, 5.74) is 0. The van der Waals surface area contributed by atoms with Crippen molar-refractivity contribution in [2.45, 2.75) is 149 Å². The van der Waals surface area contributed by atoms with E-state index in [1.54, 1.807) is 0 Å². The van der Waals surface area contributed by atoms with Crippen LogP contribution in [0.1, 0.15) is 143 Å². The minimum atomic E-state index is -0.863. The van der Waals surface area contributed by atoms with Gasteiger partial charge in [0.2, 0.25) is 0 Å². The van der Waals surface area contributed by atoms with Crippen molar-refractivity contribution in [1.82, 2.24) is 4.90 Å². The second-order valence-electron chi connectivity index (χ2n) is 8.96. The van der Waals surface area contributed by atoms with E-state index in [9.17, 15) is 9.90 Å². The Kier molecular flexibility index (Phi) is 29.2. The van der Waals surface area contributed by atoms with Gasteiger partial charge in [-0.1, -0.05) is 124 Å². The summed E-state index contributed by atoms with van der Waals surface area (Å²) in [5.74, 6) is -0.863. The van der Waals surface area contributed by atoms with E-state index in [-0.39, 0.29) is 57.4 Å². The maximum absolute atomic E-state index is 11.8. The maximum Gasteiger partial charge on any atom is 1.00 e. The minimum Gasteiger partial charge on any atom is -0.548 e. The van der Waals surface area contributed by atoms with Crippen molar-refractivity contribution >= 4 is 5.97 Å². The summed E-state index contributed by atoms with van der Waals surface area (Å²) in [6, 6.07) is -0.385. The van der Waals surface area contributed by atoms with E-state index < -0.39 is 5.97 Å². The Hall–Kier alpha value is 1.07. The third-order valence-electron chi connectivity index (χ3n) is 6.14. The van der Waals surface area contributed by atoms with Gasteiger partial charge in [-0.25, -0.2) is 0 Å². The fraction of sp³-hybridized carbons (Fsp3) is 0.962. The molecule has 1 unspecified atom stereocenters. The molecular weight excluding hydrogens is 397 g/mol. The van der Waals surface area contributed by atoms with Gasteiger partial charge in [-0.3, -0.25) is 4.90 Å². The topological polar surface area (TPSA) is 43.4 Å². The van der Waals surface area contributed by atoms with Crippen molar-refractivity contribution in [1.29, 1.82) is 0 Å². The zero-order chi connectivity index (χ0) is 21.6. The Bertz CT molecular complexity index is 332. The number of hydrogen-bond acceptors (Lipinski definition) is 3. The molecule has 1 atom stereocenters. The van der Waals surface area contributed by atoms with E-state index >= 15 is 0 Å². The van der Waals surface area contributed by atoms with Crippen molar-refractivity contribution in [3.8, 4) is 0 Å². The van der Waals surface area contributed by atoms with Crippen LogP contribution in [0, 0.1) is 0 Å². The SMILES string of the molecule is CCCCCCCCCCN(CCCCCCCCCC)C(CCCC)C(=O)[O-].[K+]. The van der Waals surface area contributed by atoms with Crippen LogP contribution in [0.25, 0.3) is 0 Å². The molecule has 0 aliphatic carbocycles. The Balaban J connectivity index is 0. The number of carbonyl (C=O) groups excluding carboxylic acids is 1. The Labute approximate surface area is 232 Å². The molecule has 3 nitrogen and oxygen atoms in total.